The molecule has 0 aliphatic rings. The van der Waals surface area contributed by atoms with E-state index in [1.54, 1.807) is 0 Å². The molecule has 3 heteroatoms. The normalized spacial score (nSPS) is 14.7. The smallest absolute Gasteiger partial charge is 0.239 e. The topological polar surface area (TPSA) is 46.3 Å². The minimum absolute atomic E-state index is 0.111. The van der Waals surface area contributed by atoms with Gasteiger partial charge in [-0.25, -0.2) is 0 Å². The Morgan fingerprint density at radius 1 is 1.27 bits per heavy atom. The van der Waals surface area contributed by atoms with Crippen LogP contribution in [0.3, 0.4) is 0 Å². The van der Waals surface area contributed by atoms with Gasteiger partial charge in [-0.3, -0.25) is 4.79 Å². The van der Waals surface area contributed by atoms with E-state index < -0.39 is 0 Å². The van der Waals surface area contributed by atoms with Crippen molar-refractivity contribution in [3.8, 4) is 0 Å². The lowest BCUT2D eigenvalue weighted by molar-refractivity contribution is -0.134. The molecule has 0 aromatic rings. The van der Waals surface area contributed by atoms with Gasteiger partial charge >= 0.3 is 0 Å². The Bertz CT molecular complexity index is 182. The summed E-state index contributed by atoms with van der Waals surface area (Å²) in [5, 5.41) is 0. The van der Waals surface area contributed by atoms with Crippen molar-refractivity contribution in [3.05, 3.63) is 0 Å². The molecule has 15 heavy (non-hydrogen) atoms. The van der Waals surface area contributed by atoms with Gasteiger partial charge in [0.25, 0.3) is 0 Å². The highest BCUT2D eigenvalue weighted by atomic mass is 16.2. The molecule has 0 radical (unpaired) electrons. The molecule has 0 aromatic carbocycles. The van der Waals surface area contributed by atoms with E-state index in [9.17, 15) is 4.79 Å². The van der Waals surface area contributed by atoms with Crippen molar-refractivity contribution >= 4 is 5.91 Å². The van der Waals surface area contributed by atoms with Gasteiger partial charge in [-0.15, -0.1) is 0 Å². The molecule has 1 unspecified atom stereocenters. The molecular formula is C12H26N2O. The van der Waals surface area contributed by atoms with Gasteiger partial charge in [0.15, 0.2) is 0 Å². The first-order valence-corrected chi connectivity index (χ1v) is 6.14. The number of unbranched alkanes of at least 4 members (excludes halogenated alkanes) is 1. The summed E-state index contributed by atoms with van der Waals surface area (Å²) in [6, 6.07) is -0.0162. The van der Waals surface area contributed by atoms with Crippen molar-refractivity contribution in [1.82, 2.24) is 4.90 Å². The second-order valence-corrected chi connectivity index (χ2v) is 4.16. The molecule has 0 aromatic heterocycles. The van der Waals surface area contributed by atoms with Crippen molar-refractivity contribution < 1.29 is 4.79 Å². The van der Waals surface area contributed by atoms with Gasteiger partial charge in [0.2, 0.25) is 5.91 Å². The van der Waals surface area contributed by atoms with Crippen LogP contribution in [0.4, 0.5) is 0 Å². The average molecular weight is 214 g/mol. The van der Waals surface area contributed by atoms with Crippen LogP contribution in [0.1, 0.15) is 53.4 Å². The van der Waals surface area contributed by atoms with E-state index in [4.69, 9.17) is 5.73 Å². The summed E-state index contributed by atoms with van der Waals surface area (Å²) < 4.78 is 0. The molecule has 0 saturated carbocycles. The fourth-order valence-corrected chi connectivity index (χ4v) is 1.48. The maximum Gasteiger partial charge on any atom is 0.239 e. The quantitative estimate of drug-likeness (QED) is 0.706. The van der Waals surface area contributed by atoms with Gasteiger partial charge in [0.1, 0.15) is 0 Å². The summed E-state index contributed by atoms with van der Waals surface area (Å²) in [5.74, 6) is 0.111. The Balaban J connectivity index is 4.39. The van der Waals surface area contributed by atoms with Gasteiger partial charge < -0.3 is 10.6 Å². The molecule has 2 atom stereocenters. The van der Waals surface area contributed by atoms with E-state index >= 15 is 0 Å². The third kappa shape index (κ3) is 4.65. The summed E-state index contributed by atoms with van der Waals surface area (Å²) in [7, 11) is 0. The molecule has 2 N–H and O–H groups in total. The zero-order chi connectivity index (χ0) is 11.8. The Hall–Kier alpha value is -0.570. The first kappa shape index (κ1) is 14.4. The second kappa shape index (κ2) is 7.69. The van der Waals surface area contributed by atoms with Crippen LogP contribution in [0.15, 0.2) is 0 Å². The molecule has 3 nitrogen and oxygen atoms in total. The third-order valence-corrected chi connectivity index (χ3v) is 2.92. The van der Waals surface area contributed by atoms with Crippen LogP contribution in [0.2, 0.25) is 0 Å². The predicted octanol–water partition coefficient (Wildman–Crippen LogP) is 2.15. The van der Waals surface area contributed by atoms with E-state index in [0.29, 0.717) is 6.04 Å². The zero-order valence-corrected chi connectivity index (χ0v) is 10.6. The maximum absolute atomic E-state index is 12.0. The molecule has 0 heterocycles. The van der Waals surface area contributed by atoms with Gasteiger partial charge in [0, 0.05) is 12.6 Å². The number of nitrogens with two attached hydrogens (primary N) is 1. The van der Waals surface area contributed by atoms with Crippen molar-refractivity contribution in [2.45, 2.75) is 65.5 Å². The molecule has 0 aliphatic carbocycles. The molecule has 0 bridgehead atoms. The first-order chi connectivity index (χ1) is 7.08. The Labute approximate surface area is 94.0 Å². The van der Waals surface area contributed by atoms with E-state index in [-0.39, 0.29) is 11.9 Å². The highest BCUT2D eigenvalue weighted by Crippen LogP contribution is 2.08. The van der Waals surface area contributed by atoms with Crippen LogP contribution < -0.4 is 5.73 Å². The number of hydrogen-bond acceptors (Lipinski definition) is 2. The van der Waals surface area contributed by atoms with E-state index in [0.717, 1.165) is 32.2 Å². The molecule has 0 rings (SSSR count). The van der Waals surface area contributed by atoms with Crippen molar-refractivity contribution in [3.63, 3.8) is 0 Å². The number of rotatable bonds is 7. The first-order valence-electron chi connectivity index (χ1n) is 6.14. The van der Waals surface area contributed by atoms with Gasteiger partial charge in [-0.05, 0) is 26.2 Å². The third-order valence-electron chi connectivity index (χ3n) is 2.92. The second-order valence-electron chi connectivity index (χ2n) is 4.16. The number of carbonyl (C=O) groups excluding carboxylic acids is 1. The lowest BCUT2D eigenvalue weighted by atomic mass is 10.1. The van der Waals surface area contributed by atoms with Crippen molar-refractivity contribution in [2.75, 3.05) is 6.54 Å². The fraction of sp³-hybridized carbons (Fsp3) is 0.917. The van der Waals surface area contributed by atoms with Crippen LogP contribution in [-0.4, -0.2) is 29.4 Å². The maximum atomic E-state index is 12.0. The van der Waals surface area contributed by atoms with Crippen LogP contribution in [0.25, 0.3) is 0 Å². The minimum atomic E-state index is -0.323. The molecule has 0 aliphatic heterocycles. The molecule has 0 spiro atoms. The highest BCUT2D eigenvalue weighted by Gasteiger charge is 2.22. The molecular weight excluding hydrogens is 188 g/mol. The minimum Gasteiger partial charge on any atom is -0.339 e. The number of hydrogen-bond donors (Lipinski definition) is 1. The van der Waals surface area contributed by atoms with E-state index in [2.05, 4.69) is 20.8 Å². The fourth-order valence-electron chi connectivity index (χ4n) is 1.48. The summed E-state index contributed by atoms with van der Waals surface area (Å²) in [6.07, 6.45) is 3.89. The Morgan fingerprint density at radius 2 is 1.87 bits per heavy atom. The van der Waals surface area contributed by atoms with E-state index in [1.807, 2.05) is 11.8 Å². The summed E-state index contributed by atoms with van der Waals surface area (Å²) in [4.78, 5) is 13.9. The molecule has 0 saturated heterocycles. The van der Waals surface area contributed by atoms with E-state index in [1.165, 1.54) is 0 Å². The number of nitrogens with zero attached hydrogens (tertiary/aromatic N) is 1. The van der Waals surface area contributed by atoms with Crippen LogP contribution >= 0.6 is 0 Å². The summed E-state index contributed by atoms with van der Waals surface area (Å²) in [5.41, 5.74) is 5.79. The van der Waals surface area contributed by atoms with Crippen LogP contribution in [-0.2, 0) is 4.79 Å². The molecule has 90 valence electrons. The molecule has 0 fully saturated rings. The SMILES string of the molecule is CCCCN(C(=O)[C@H](N)CC)C(C)CC. The van der Waals surface area contributed by atoms with Gasteiger partial charge in [-0.2, -0.15) is 0 Å². The number of amides is 1. The lowest BCUT2D eigenvalue weighted by Gasteiger charge is -2.30. The summed E-state index contributed by atoms with van der Waals surface area (Å²) >= 11 is 0. The lowest BCUT2D eigenvalue weighted by Crippen LogP contribution is -2.47. The largest absolute Gasteiger partial charge is 0.339 e. The van der Waals surface area contributed by atoms with Crippen molar-refractivity contribution in [2.24, 2.45) is 5.73 Å². The molecule has 1 amide bonds. The number of carbonyl (C=O) groups is 1. The van der Waals surface area contributed by atoms with Gasteiger partial charge in [0.05, 0.1) is 6.04 Å². The predicted molar refractivity (Wildman–Crippen MR) is 64.6 cm³/mol. The van der Waals surface area contributed by atoms with Crippen molar-refractivity contribution in [1.29, 1.82) is 0 Å². The Kier molecular flexibility index (Phi) is 7.39. The van der Waals surface area contributed by atoms with Crippen LogP contribution in [0.5, 0.6) is 0 Å². The average Bonchev–Trinajstić information content (AvgIpc) is 2.27. The highest BCUT2D eigenvalue weighted by molar-refractivity contribution is 5.81. The monoisotopic (exact) mass is 214 g/mol. The standard InChI is InChI=1S/C12H26N2O/c1-5-8-9-14(10(4)6-2)12(15)11(13)7-3/h10-11H,5-9,13H2,1-4H3/t10?,11-/m1/s1. The Morgan fingerprint density at radius 3 is 2.27 bits per heavy atom. The van der Waals surface area contributed by atoms with Crippen LogP contribution in [0, 0.1) is 0 Å². The van der Waals surface area contributed by atoms with Gasteiger partial charge in [-0.1, -0.05) is 27.2 Å². The zero-order valence-electron chi connectivity index (χ0n) is 10.6. The summed E-state index contributed by atoms with van der Waals surface area (Å²) in [6.45, 7) is 9.14.